The Morgan fingerprint density at radius 3 is 2.56 bits per heavy atom. The van der Waals surface area contributed by atoms with Crippen LogP contribution in [-0.4, -0.2) is 6.29 Å². The van der Waals surface area contributed by atoms with Crippen LogP contribution in [0, 0.1) is 12.8 Å². The average molecular weight is 244 g/mol. The molecule has 2 rings (SSSR count). The van der Waals surface area contributed by atoms with Crippen molar-refractivity contribution in [1.82, 2.24) is 0 Å². The highest BCUT2D eigenvalue weighted by molar-refractivity contribution is 5.77. The number of rotatable bonds is 4. The van der Waals surface area contributed by atoms with Crippen LogP contribution in [-0.2, 0) is 0 Å². The van der Waals surface area contributed by atoms with Gasteiger partial charge in [0.1, 0.15) is 6.29 Å². The molecule has 0 N–H and O–H groups in total. The molecule has 98 valence electrons. The van der Waals surface area contributed by atoms with E-state index in [1.54, 1.807) is 0 Å². The minimum Gasteiger partial charge on any atom is -0.298 e. The van der Waals surface area contributed by atoms with Crippen LogP contribution in [0.5, 0.6) is 0 Å². The average Bonchev–Trinajstić information content (AvgIpc) is 2.41. The molecule has 0 spiro atoms. The first-order valence-electron chi connectivity index (χ1n) is 7.31. The van der Waals surface area contributed by atoms with Gasteiger partial charge in [0.25, 0.3) is 0 Å². The highest BCUT2D eigenvalue weighted by atomic mass is 16.1. The molecule has 0 saturated heterocycles. The Bertz CT molecular complexity index is 400. The number of carbonyl (C=O) groups is 1. The molecule has 18 heavy (non-hydrogen) atoms. The Labute approximate surface area is 111 Å². The molecular formula is C17H24O. The maximum atomic E-state index is 11.0. The minimum absolute atomic E-state index is 0.679. The Balaban J connectivity index is 2.07. The lowest BCUT2D eigenvalue weighted by molar-refractivity contribution is 0.112. The number of hydrogen-bond acceptors (Lipinski definition) is 1. The first-order chi connectivity index (χ1) is 8.76. The molecule has 1 fully saturated rings. The Morgan fingerprint density at radius 1 is 1.22 bits per heavy atom. The molecule has 0 unspecified atom stereocenters. The zero-order valence-corrected chi connectivity index (χ0v) is 11.6. The maximum absolute atomic E-state index is 11.0. The van der Waals surface area contributed by atoms with Crippen LogP contribution in [0.3, 0.4) is 0 Å². The van der Waals surface area contributed by atoms with Crippen LogP contribution in [0.25, 0.3) is 0 Å². The van der Waals surface area contributed by atoms with Crippen molar-refractivity contribution in [1.29, 1.82) is 0 Å². The van der Waals surface area contributed by atoms with Crippen molar-refractivity contribution in [2.75, 3.05) is 0 Å². The van der Waals surface area contributed by atoms with E-state index in [-0.39, 0.29) is 0 Å². The fraction of sp³-hybridized carbons (Fsp3) is 0.588. The van der Waals surface area contributed by atoms with Gasteiger partial charge in [-0.3, -0.25) is 4.79 Å². The lowest BCUT2D eigenvalue weighted by Gasteiger charge is -2.29. The Hall–Kier alpha value is -1.11. The van der Waals surface area contributed by atoms with Crippen molar-refractivity contribution in [2.45, 2.75) is 58.3 Å². The van der Waals surface area contributed by atoms with Crippen molar-refractivity contribution in [2.24, 2.45) is 5.92 Å². The molecule has 1 aromatic carbocycles. The smallest absolute Gasteiger partial charge is 0.150 e. The maximum Gasteiger partial charge on any atom is 0.150 e. The first-order valence-corrected chi connectivity index (χ1v) is 7.31. The quantitative estimate of drug-likeness (QED) is 0.690. The van der Waals surface area contributed by atoms with Gasteiger partial charge >= 0.3 is 0 Å². The third-order valence-electron chi connectivity index (χ3n) is 4.53. The number of aldehydes is 1. The van der Waals surface area contributed by atoms with Crippen molar-refractivity contribution < 1.29 is 4.79 Å². The zero-order valence-electron chi connectivity index (χ0n) is 11.6. The van der Waals surface area contributed by atoms with Crippen LogP contribution in [0.2, 0.25) is 0 Å². The van der Waals surface area contributed by atoms with Crippen LogP contribution in [0.15, 0.2) is 18.2 Å². The molecule has 0 radical (unpaired) electrons. The lowest BCUT2D eigenvalue weighted by atomic mass is 9.76. The van der Waals surface area contributed by atoms with E-state index in [0.717, 1.165) is 17.8 Å². The Kier molecular flexibility index (Phi) is 4.57. The van der Waals surface area contributed by atoms with Crippen molar-refractivity contribution >= 4 is 6.29 Å². The summed E-state index contributed by atoms with van der Waals surface area (Å²) < 4.78 is 0. The highest BCUT2D eigenvalue weighted by Crippen LogP contribution is 2.38. The molecular weight excluding hydrogens is 220 g/mol. The Morgan fingerprint density at radius 2 is 1.94 bits per heavy atom. The van der Waals surface area contributed by atoms with Gasteiger partial charge in [-0.25, -0.2) is 0 Å². The van der Waals surface area contributed by atoms with E-state index in [2.05, 4.69) is 19.9 Å². The van der Waals surface area contributed by atoms with E-state index in [0.29, 0.717) is 5.92 Å². The summed E-state index contributed by atoms with van der Waals surface area (Å²) in [5, 5.41) is 0. The van der Waals surface area contributed by atoms with Gasteiger partial charge in [0.15, 0.2) is 0 Å². The van der Waals surface area contributed by atoms with Crippen LogP contribution >= 0.6 is 0 Å². The molecule has 0 aromatic heterocycles. The summed E-state index contributed by atoms with van der Waals surface area (Å²) >= 11 is 0. The molecule has 0 heterocycles. The van der Waals surface area contributed by atoms with E-state index in [1.807, 2.05) is 12.1 Å². The van der Waals surface area contributed by atoms with Crippen molar-refractivity contribution in [3.8, 4) is 0 Å². The summed E-state index contributed by atoms with van der Waals surface area (Å²) in [6.07, 6.45) is 9.02. The van der Waals surface area contributed by atoms with E-state index in [9.17, 15) is 4.79 Å². The molecule has 0 atom stereocenters. The normalized spacial score (nSPS) is 23.9. The van der Waals surface area contributed by atoms with E-state index in [1.165, 1.54) is 49.7 Å². The minimum atomic E-state index is 0.679. The van der Waals surface area contributed by atoms with Crippen LogP contribution in [0.1, 0.15) is 72.9 Å². The zero-order chi connectivity index (χ0) is 13.0. The molecule has 0 bridgehead atoms. The van der Waals surface area contributed by atoms with Crippen molar-refractivity contribution in [3.63, 3.8) is 0 Å². The lowest BCUT2D eigenvalue weighted by Crippen LogP contribution is -2.14. The second-order valence-corrected chi connectivity index (χ2v) is 5.69. The van der Waals surface area contributed by atoms with Gasteiger partial charge in [-0.2, -0.15) is 0 Å². The highest BCUT2D eigenvalue weighted by Gasteiger charge is 2.23. The fourth-order valence-corrected chi connectivity index (χ4v) is 3.41. The van der Waals surface area contributed by atoms with Gasteiger partial charge in [-0.15, -0.1) is 0 Å². The topological polar surface area (TPSA) is 17.1 Å². The van der Waals surface area contributed by atoms with Crippen molar-refractivity contribution in [3.05, 3.63) is 34.9 Å². The summed E-state index contributed by atoms with van der Waals surface area (Å²) in [6, 6.07) is 6.17. The number of benzene rings is 1. The van der Waals surface area contributed by atoms with Gasteiger partial charge in [-0.05, 0) is 55.6 Å². The first kappa shape index (κ1) is 13.3. The SMILES string of the molecule is CCCC1CCC(c2cccc(C=O)c2C)CC1. The largest absolute Gasteiger partial charge is 0.298 e. The fourth-order valence-electron chi connectivity index (χ4n) is 3.41. The molecule has 1 nitrogen and oxygen atoms in total. The summed E-state index contributed by atoms with van der Waals surface area (Å²) in [7, 11) is 0. The summed E-state index contributed by atoms with van der Waals surface area (Å²) in [5.74, 6) is 1.62. The van der Waals surface area contributed by atoms with Gasteiger partial charge in [0, 0.05) is 5.56 Å². The summed E-state index contributed by atoms with van der Waals surface area (Å²) in [6.45, 7) is 4.38. The predicted octanol–water partition coefficient (Wildman–Crippen LogP) is 4.88. The molecule has 1 heteroatoms. The molecule has 1 aliphatic carbocycles. The van der Waals surface area contributed by atoms with Crippen LogP contribution < -0.4 is 0 Å². The van der Waals surface area contributed by atoms with Gasteiger partial charge in [0.2, 0.25) is 0 Å². The predicted molar refractivity (Wildman–Crippen MR) is 76.2 cm³/mol. The molecule has 1 aliphatic rings. The molecule has 0 aliphatic heterocycles. The van der Waals surface area contributed by atoms with Gasteiger partial charge in [-0.1, -0.05) is 38.0 Å². The van der Waals surface area contributed by atoms with Gasteiger partial charge < -0.3 is 0 Å². The van der Waals surface area contributed by atoms with E-state index >= 15 is 0 Å². The standard InChI is InChI=1S/C17H24O/c1-3-5-14-8-10-15(11-9-14)17-7-4-6-16(12-18)13(17)2/h4,6-7,12,14-15H,3,5,8-11H2,1-2H3. The summed E-state index contributed by atoms with van der Waals surface area (Å²) in [5.41, 5.74) is 3.48. The number of carbonyl (C=O) groups excluding carboxylic acids is 1. The summed E-state index contributed by atoms with van der Waals surface area (Å²) in [4.78, 5) is 11.0. The second-order valence-electron chi connectivity index (χ2n) is 5.69. The third-order valence-corrected chi connectivity index (χ3v) is 4.53. The van der Waals surface area contributed by atoms with E-state index < -0.39 is 0 Å². The van der Waals surface area contributed by atoms with Crippen LogP contribution in [0.4, 0.5) is 0 Å². The molecule has 0 amide bonds. The second kappa shape index (κ2) is 6.17. The van der Waals surface area contributed by atoms with Gasteiger partial charge in [0.05, 0.1) is 0 Å². The third kappa shape index (κ3) is 2.82. The molecule has 1 aromatic rings. The molecule has 1 saturated carbocycles. The number of hydrogen-bond donors (Lipinski definition) is 0. The van der Waals surface area contributed by atoms with E-state index in [4.69, 9.17) is 0 Å². The monoisotopic (exact) mass is 244 g/mol.